The van der Waals surface area contributed by atoms with Crippen molar-refractivity contribution in [3.05, 3.63) is 28.0 Å². The van der Waals surface area contributed by atoms with Gasteiger partial charge in [0.25, 0.3) is 0 Å². The molecule has 102 valence electrons. The summed E-state index contributed by atoms with van der Waals surface area (Å²) in [5, 5.41) is 3.37. The van der Waals surface area contributed by atoms with Gasteiger partial charge >= 0.3 is 0 Å². The third kappa shape index (κ3) is 4.55. The summed E-state index contributed by atoms with van der Waals surface area (Å²) in [7, 11) is 1.67. The Morgan fingerprint density at radius 2 is 2.22 bits per heavy atom. The molecule has 0 aliphatic rings. The number of aryl methyl sites for hydroxylation is 1. The number of rotatable bonds is 7. The minimum atomic E-state index is -0.247. The van der Waals surface area contributed by atoms with E-state index in [2.05, 4.69) is 21.2 Å². The first-order valence-electron chi connectivity index (χ1n) is 5.99. The smallest absolute Gasteiger partial charge is 0.137 e. The second-order valence-corrected chi connectivity index (χ2v) is 5.16. The van der Waals surface area contributed by atoms with Crippen LogP contribution in [0.3, 0.4) is 0 Å². The van der Waals surface area contributed by atoms with Crippen LogP contribution in [0.4, 0.5) is 10.1 Å². The molecular formula is C13H20BrFN2O. The molecule has 0 saturated heterocycles. The average Bonchev–Trinajstić information content (AvgIpc) is 2.33. The van der Waals surface area contributed by atoms with Gasteiger partial charge in [0, 0.05) is 18.8 Å². The predicted octanol–water partition coefficient (Wildman–Crippen LogP) is 3.06. The van der Waals surface area contributed by atoms with Crippen LogP contribution in [0.25, 0.3) is 0 Å². The molecule has 18 heavy (non-hydrogen) atoms. The maximum atomic E-state index is 13.3. The lowest BCUT2D eigenvalue weighted by atomic mass is 10.1. The van der Waals surface area contributed by atoms with E-state index >= 15 is 0 Å². The van der Waals surface area contributed by atoms with Crippen LogP contribution < -0.4 is 11.1 Å². The third-order valence-electron chi connectivity index (χ3n) is 2.75. The van der Waals surface area contributed by atoms with E-state index in [1.54, 1.807) is 13.2 Å². The molecule has 0 aliphatic carbocycles. The topological polar surface area (TPSA) is 47.3 Å². The first-order chi connectivity index (χ1) is 8.58. The van der Waals surface area contributed by atoms with E-state index in [4.69, 9.17) is 10.5 Å². The minimum Gasteiger partial charge on any atom is -0.383 e. The quantitative estimate of drug-likeness (QED) is 0.812. The Kier molecular flexibility index (Phi) is 6.60. The first-order valence-corrected chi connectivity index (χ1v) is 6.79. The highest BCUT2D eigenvalue weighted by atomic mass is 79.9. The van der Waals surface area contributed by atoms with Crippen LogP contribution >= 0.6 is 15.9 Å². The van der Waals surface area contributed by atoms with Gasteiger partial charge in [-0.25, -0.2) is 4.39 Å². The standard InChI is InChI=1S/C13H20BrFN2O/c1-9-6-12(15)11(14)7-13(9)17-10(8-18-2)4-3-5-16/h6-7,10,17H,3-5,8,16H2,1-2H3. The number of ether oxygens (including phenoxy) is 1. The molecule has 0 aromatic heterocycles. The second-order valence-electron chi connectivity index (χ2n) is 4.31. The number of anilines is 1. The predicted molar refractivity (Wildman–Crippen MR) is 76.4 cm³/mol. The Balaban J connectivity index is 2.76. The fourth-order valence-corrected chi connectivity index (χ4v) is 2.13. The van der Waals surface area contributed by atoms with Gasteiger partial charge in [-0.3, -0.25) is 0 Å². The summed E-state index contributed by atoms with van der Waals surface area (Å²) in [5.74, 6) is -0.247. The van der Waals surface area contributed by atoms with E-state index < -0.39 is 0 Å². The van der Waals surface area contributed by atoms with Gasteiger partial charge in [0.15, 0.2) is 0 Å². The lowest BCUT2D eigenvalue weighted by molar-refractivity contribution is 0.182. The van der Waals surface area contributed by atoms with Gasteiger partial charge in [-0.05, 0) is 59.9 Å². The number of nitrogens with two attached hydrogens (primary N) is 1. The van der Waals surface area contributed by atoms with Crippen molar-refractivity contribution in [2.45, 2.75) is 25.8 Å². The molecule has 0 fully saturated rings. The molecular weight excluding hydrogens is 299 g/mol. The molecule has 1 aromatic carbocycles. The van der Waals surface area contributed by atoms with Crippen LogP contribution in [0.2, 0.25) is 0 Å². The SMILES string of the molecule is COCC(CCCN)Nc1cc(Br)c(F)cc1C. The van der Waals surface area contributed by atoms with Crippen molar-refractivity contribution in [3.63, 3.8) is 0 Å². The molecule has 0 spiro atoms. The molecule has 0 amide bonds. The van der Waals surface area contributed by atoms with Gasteiger partial charge in [0.1, 0.15) is 5.82 Å². The second kappa shape index (κ2) is 7.71. The molecule has 3 N–H and O–H groups in total. The zero-order valence-corrected chi connectivity index (χ0v) is 12.4. The van der Waals surface area contributed by atoms with E-state index in [-0.39, 0.29) is 11.9 Å². The highest BCUT2D eigenvalue weighted by Gasteiger charge is 2.11. The molecule has 0 bridgehead atoms. The van der Waals surface area contributed by atoms with Crippen molar-refractivity contribution in [1.82, 2.24) is 0 Å². The van der Waals surface area contributed by atoms with E-state index in [9.17, 15) is 4.39 Å². The van der Waals surface area contributed by atoms with Gasteiger partial charge in [-0.2, -0.15) is 0 Å². The molecule has 3 nitrogen and oxygen atoms in total. The first kappa shape index (κ1) is 15.4. The Bertz CT molecular complexity index is 387. The lowest BCUT2D eigenvalue weighted by Crippen LogP contribution is -2.26. The van der Waals surface area contributed by atoms with E-state index in [1.165, 1.54) is 6.07 Å². The van der Waals surface area contributed by atoms with Gasteiger partial charge < -0.3 is 15.8 Å². The van der Waals surface area contributed by atoms with Crippen LogP contribution in [0.1, 0.15) is 18.4 Å². The highest BCUT2D eigenvalue weighted by Crippen LogP contribution is 2.25. The van der Waals surface area contributed by atoms with Crippen LogP contribution in [0.15, 0.2) is 16.6 Å². The fourth-order valence-electron chi connectivity index (χ4n) is 1.78. The summed E-state index contributed by atoms with van der Waals surface area (Å²) in [6, 6.07) is 3.46. The van der Waals surface area contributed by atoms with Gasteiger partial charge in [0.05, 0.1) is 11.1 Å². The number of nitrogens with one attached hydrogen (secondary N) is 1. The van der Waals surface area contributed by atoms with Crippen molar-refractivity contribution in [1.29, 1.82) is 0 Å². The van der Waals surface area contributed by atoms with Crippen molar-refractivity contribution in [3.8, 4) is 0 Å². The van der Waals surface area contributed by atoms with E-state index in [0.717, 1.165) is 24.1 Å². The largest absolute Gasteiger partial charge is 0.383 e. The van der Waals surface area contributed by atoms with Crippen LogP contribution in [0, 0.1) is 12.7 Å². The van der Waals surface area contributed by atoms with Crippen LogP contribution in [-0.2, 0) is 4.74 Å². The molecule has 1 unspecified atom stereocenters. The van der Waals surface area contributed by atoms with Gasteiger partial charge in [-0.1, -0.05) is 0 Å². The summed E-state index contributed by atoms with van der Waals surface area (Å²) in [6.45, 7) is 3.15. The number of hydrogen-bond donors (Lipinski definition) is 2. The third-order valence-corrected chi connectivity index (χ3v) is 3.36. The summed E-state index contributed by atoms with van der Waals surface area (Å²) < 4.78 is 19.0. The Hall–Kier alpha value is -0.650. The molecule has 0 heterocycles. The van der Waals surface area contributed by atoms with Crippen molar-refractivity contribution >= 4 is 21.6 Å². The Labute approximate surface area is 116 Å². The van der Waals surface area contributed by atoms with Gasteiger partial charge in [-0.15, -0.1) is 0 Å². The summed E-state index contributed by atoms with van der Waals surface area (Å²) in [5.41, 5.74) is 7.31. The molecule has 1 atom stereocenters. The molecule has 0 saturated carbocycles. The number of benzene rings is 1. The Morgan fingerprint density at radius 1 is 1.50 bits per heavy atom. The fraction of sp³-hybridized carbons (Fsp3) is 0.538. The zero-order chi connectivity index (χ0) is 13.5. The highest BCUT2D eigenvalue weighted by molar-refractivity contribution is 9.10. The molecule has 1 rings (SSSR count). The van der Waals surface area contributed by atoms with Crippen molar-refractivity contribution in [2.75, 3.05) is 25.6 Å². The monoisotopic (exact) mass is 318 g/mol. The van der Waals surface area contributed by atoms with Crippen molar-refractivity contribution in [2.24, 2.45) is 5.73 Å². The van der Waals surface area contributed by atoms with E-state index in [1.807, 2.05) is 6.92 Å². The average molecular weight is 319 g/mol. The number of methoxy groups -OCH3 is 1. The summed E-state index contributed by atoms with van der Waals surface area (Å²) in [4.78, 5) is 0. The molecule has 0 radical (unpaired) electrons. The van der Waals surface area contributed by atoms with Crippen LogP contribution in [-0.4, -0.2) is 26.3 Å². The van der Waals surface area contributed by atoms with Gasteiger partial charge in [0.2, 0.25) is 0 Å². The number of halogens is 2. The Morgan fingerprint density at radius 3 is 2.83 bits per heavy atom. The summed E-state index contributed by atoms with van der Waals surface area (Å²) in [6.07, 6.45) is 1.86. The van der Waals surface area contributed by atoms with Crippen molar-refractivity contribution < 1.29 is 9.13 Å². The van der Waals surface area contributed by atoms with E-state index in [0.29, 0.717) is 17.6 Å². The number of hydrogen-bond acceptors (Lipinski definition) is 3. The minimum absolute atomic E-state index is 0.189. The summed E-state index contributed by atoms with van der Waals surface area (Å²) >= 11 is 3.20. The molecule has 5 heteroatoms. The maximum absolute atomic E-state index is 13.3. The molecule has 0 aliphatic heterocycles. The lowest BCUT2D eigenvalue weighted by Gasteiger charge is -2.20. The normalized spacial score (nSPS) is 12.5. The maximum Gasteiger partial charge on any atom is 0.137 e. The van der Waals surface area contributed by atoms with Crippen LogP contribution in [0.5, 0.6) is 0 Å². The zero-order valence-electron chi connectivity index (χ0n) is 10.8. The molecule has 1 aromatic rings.